The first-order chi connectivity index (χ1) is 14.5. The largest absolute Gasteiger partial charge is 0.335 e. The van der Waals surface area contributed by atoms with Crippen molar-refractivity contribution in [2.45, 2.75) is 12.1 Å². The van der Waals surface area contributed by atoms with Gasteiger partial charge in [0.25, 0.3) is 0 Å². The Bertz CT molecular complexity index is 1020. The van der Waals surface area contributed by atoms with Gasteiger partial charge in [0, 0.05) is 29.4 Å². The van der Waals surface area contributed by atoms with E-state index in [1.54, 1.807) is 17.1 Å². The van der Waals surface area contributed by atoms with E-state index in [1.807, 2.05) is 60.0 Å². The van der Waals surface area contributed by atoms with Gasteiger partial charge in [-0.2, -0.15) is 0 Å². The molecule has 0 bridgehead atoms. The molecule has 0 saturated heterocycles. The van der Waals surface area contributed by atoms with Gasteiger partial charge in [0.2, 0.25) is 5.91 Å². The number of nitrogens with zero attached hydrogens (tertiary/aromatic N) is 4. The number of thioether (sulfide) groups is 1. The topological polar surface area (TPSA) is 51.0 Å². The molecule has 0 atom stereocenters. The number of aryl methyl sites for hydroxylation is 1. The normalized spacial score (nSPS) is 10.6. The predicted molar refractivity (Wildman–Crippen MR) is 124 cm³/mol. The summed E-state index contributed by atoms with van der Waals surface area (Å²) in [4.78, 5) is 14.3. The van der Waals surface area contributed by atoms with Gasteiger partial charge >= 0.3 is 0 Å². The van der Waals surface area contributed by atoms with Crippen molar-refractivity contribution in [1.29, 1.82) is 0 Å². The number of carbonyl (C=O) groups excluding carboxylic acids is 1. The quantitative estimate of drug-likeness (QED) is 0.341. The molecule has 30 heavy (non-hydrogen) atoms. The molecule has 3 rings (SSSR count). The van der Waals surface area contributed by atoms with Crippen LogP contribution in [0.5, 0.6) is 0 Å². The molecule has 5 nitrogen and oxygen atoms in total. The van der Waals surface area contributed by atoms with Gasteiger partial charge in [-0.3, -0.25) is 9.36 Å². The fourth-order valence-electron chi connectivity index (χ4n) is 2.88. The fourth-order valence-corrected chi connectivity index (χ4v) is 3.86. The summed E-state index contributed by atoms with van der Waals surface area (Å²) < 4.78 is 1.96. The lowest BCUT2D eigenvalue weighted by Gasteiger charge is -2.19. The summed E-state index contributed by atoms with van der Waals surface area (Å²) in [6.07, 6.45) is 3.42. The first-order valence-corrected chi connectivity index (χ1v) is 10.8. The number of hydrogen-bond acceptors (Lipinski definition) is 4. The fraction of sp³-hybridized carbons (Fsp3) is 0.174. The number of amides is 1. The summed E-state index contributed by atoms with van der Waals surface area (Å²) in [5.74, 6) is 0.928. The molecule has 0 N–H and O–H groups in total. The van der Waals surface area contributed by atoms with E-state index in [9.17, 15) is 4.79 Å². The van der Waals surface area contributed by atoms with Crippen molar-refractivity contribution in [3.05, 3.63) is 84.4 Å². The van der Waals surface area contributed by atoms with Gasteiger partial charge in [0.05, 0.1) is 5.75 Å². The van der Waals surface area contributed by atoms with E-state index in [0.29, 0.717) is 29.1 Å². The summed E-state index contributed by atoms with van der Waals surface area (Å²) in [7, 11) is 0. The van der Waals surface area contributed by atoms with Crippen molar-refractivity contribution in [2.24, 2.45) is 0 Å². The Morgan fingerprint density at radius 2 is 1.70 bits per heavy atom. The van der Waals surface area contributed by atoms with Gasteiger partial charge in [-0.15, -0.1) is 23.4 Å². The van der Waals surface area contributed by atoms with E-state index in [-0.39, 0.29) is 11.7 Å². The zero-order chi connectivity index (χ0) is 21.5. The molecule has 0 aliphatic rings. The van der Waals surface area contributed by atoms with Gasteiger partial charge in [-0.1, -0.05) is 53.2 Å². The van der Waals surface area contributed by atoms with Crippen molar-refractivity contribution in [3.8, 4) is 17.1 Å². The van der Waals surface area contributed by atoms with Gasteiger partial charge in [-0.05, 0) is 43.3 Å². The number of rotatable bonds is 9. The van der Waals surface area contributed by atoms with Crippen LogP contribution in [0.25, 0.3) is 17.1 Å². The molecule has 2 aromatic carbocycles. The molecule has 0 aliphatic heterocycles. The van der Waals surface area contributed by atoms with E-state index in [4.69, 9.17) is 11.6 Å². The van der Waals surface area contributed by atoms with Gasteiger partial charge in [0.15, 0.2) is 11.0 Å². The number of hydrogen-bond donors (Lipinski definition) is 0. The van der Waals surface area contributed by atoms with Crippen LogP contribution in [0.1, 0.15) is 5.56 Å². The zero-order valence-corrected chi connectivity index (χ0v) is 18.4. The van der Waals surface area contributed by atoms with Gasteiger partial charge in [0.1, 0.15) is 0 Å². The van der Waals surface area contributed by atoms with E-state index >= 15 is 0 Å². The summed E-state index contributed by atoms with van der Waals surface area (Å²) in [6, 6.07) is 15.6. The Morgan fingerprint density at radius 1 is 1.07 bits per heavy atom. The molecule has 0 spiro atoms. The van der Waals surface area contributed by atoms with Crippen LogP contribution >= 0.6 is 23.4 Å². The van der Waals surface area contributed by atoms with Crippen LogP contribution in [0.15, 0.2) is 79.0 Å². The second-order valence-corrected chi connectivity index (χ2v) is 8.03. The van der Waals surface area contributed by atoms with E-state index < -0.39 is 0 Å². The van der Waals surface area contributed by atoms with E-state index in [1.165, 1.54) is 11.8 Å². The summed E-state index contributed by atoms with van der Waals surface area (Å²) >= 11 is 7.40. The zero-order valence-electron chi connectivity index (χ0n) is 16.8. The van der Waals surface area contributed by atoms with Gasteiger partial charge < -0.3 is 4.90 Å². The molecule has 1 heterocycles. The highest BCUT2D eigenvalue weighted by molar-refractivity contribution is 7.99. The third-order valence-corrected chi connectivity index (χ3v) is 5.57. The Kier molecular flexibility index (Phi) is 7.49. The van der Waals surface area contributed by atoms with Crippen molar-refractivity contribution in [1.82, 2.24) is 19.7 Å². The van der Waals surface area contributed by atoms with Crippen LogP contribution < -0.4 is 0 Å². The smallest absolute Gasteiger partial charge is 0.233 e. The minimum Gasteiger partial charge on any atom is -0.335 e. The molecule has 3 aromatic rings. The second-order valence-electron chi connectivity index (χ2n) is 6.65. The maximum absolute atomic E-state index is 12.6. The maximum atomic E-state index is 12.6. The summed E-state index contributed by atoms with van der Waals surface area (Å²) in [5, 5.41) is 10.1. The lowest BCUT2D eigenvalue weighted by molar-refractivity contribution is -0.127. The van der Waals surface area contributed by atoms with Crippen LogP contribution in [0.4, 0.5) is 0 Å². The van der Waals surface area contributed by atoms with E-state index in [0.717, 1.165) is 16.8 Å². The lowest BCUT2D eigenvalue weighted by Crippen LogP contribution is -2.32. The molecule has 154 valence electrons. The van der Waals surface area contributed by atoms with Crippen LogP contribution in [-0.2, 0) is 4.79 Å². The van der Waals surface area contributed by atoms with Gasteiger partial charge in [-0.25, -0.2) is 0 Å². The summed E-state index contributed by atoms with van der Waals surface area (Å²) in [6.45, 7) is 10.4. The molecule has 1 aromatic heterocycles. The lowest BCUT2D eigenvalue weighted by atomic mass is 10.2. The Morgan fingerprint density at radius 3 is 2.30 bits per heavy atom. The molecule has 0 saturated carbocycles. The van der Waals surface area contributed by atoms with Crippen LogP contribution in [0.2, 0.25) is 5.02 Å². The number of carbonyl (C=O) groups is 1. The summed E-state index contributed by atoms with van der Waals surface area (Å²) in [5.41, 5.74) is 2.99. The highest BCUT2D eigenvalue weighted by Crippen LogP contribution is 2.29. The highest BCUT2D eigenvalue weighted by atomic mass is 35.5. The third kappa shape index (κ3) is 5.20. The molecule has 0 unspecified atom stereocenters. The maximum Gasteiger partial charge on any atom is 0.233 e. The highest BCUT2D eigenvalue weighted by Gasteiger charge is 2.19. The standard InChI is InChI=1S/C23H23ClN4OS/c1-4-14-27(15-5-2)21(29)16-30-23-26-25-22(18-8-10-19(24)11-9-18)28(23)20-12-6-17(3)7-13-20/h4-13H,1-2,14-16H2,3H3. The number of aromatic nitrogens is 3. The minimum absolute atomic E-state index is 0.00806. The predicted octanol–water partition coefficient (Wildman–Crippen LogP) is 5.19. The Balaban J connectivity index is 1.93. The van der Waals surface area contributed by atoms with Crippen molar-refractivity contribution in [3.63, 3.8) is 0 Å². The number of benzene rings is 2. The third-order valence-electron chi connectivity index (χ3n) is 4.40. The van der Waals surface area contributed by atoms with Crippen LogP contribution in [0.3, 0.4) is 0 Å². The SMILES string of the molecule is C=CCN(CC=C)C(=O)CSc1nnc(-c2ccc(Cl)cc2)n1-c1ccc(C)cc1. The van der Waals surface area contributed by atoms with Crippen molar-refractivity contribution in [2.75, 3.05) is 18.8 Å². The molecule has 0 aliphatic carbocycles. The van der Waals surface area contributed by atoms with E-state index in [2.05, 4.69) is 23.4 Å². The molecule has 1 amide bonds. The molecular weight excluding hydrogens is 416 g/mol. The van der Waals surface area contributed by atoms with Crippen LogP contribution in [-0.4, -0.2) is 44.4 Å². The molecule has 7 heteroatoms. The number of halogens is 1. The first kappa shape index (κ1) is 21.9. The van der Waals surface area contributed by atoms with Crippen molar-refractivity contribution >= 4 is 29.3 Å². The molecular formula is C23H23ClN4OS. The monoisotopic (exact) mass is 438 g/mol. The van der Waals surface area contributed by atoms with Crippen molar-refractivity contribution < 1.29 is 4.79 Å². The van der Waals surface area contributed by atoms with Crippen LogP contribution in [0, 0.1) is 6.92 Å². The minimum atomic E-state index is -0.00806. The second kappa shape index (κ2) is 10.3. The first-order valence-electron chi connectivity index (χ1n) is 9.44. The molecule has 0 fully saturated rings. The average Bonchev–Trinajstić information content (AvgIpc) is 3.17. The average molecular weight is 439 g/mol. The Hall–Kier alpha value is -2.83. The molecule has 0 radical (unpaired) electrons. The Labute approximate surface area is 186 Å².